The number of likely N-dealkylation sites (N-methyl/N-ethyl adjacent to an activating group) is 1. The van der Waals surface area contributed by atoms with Gasteiger partial charge in [0.15, 0.2) is 0 Å². The molecule has 0 aliphatic carbocycles. The molecule has 2 heterocycles. The molecule has 0 bridgehead atoms. The molecule has 0 aromatic heterocycles. The van der Waals surface area contributed by atoms with Crippen LogP contribution in [0.25, 0.3) is 6.08 Å². The Morgan fingerprint density at radius 1 is 1.31 bits per heavy atom. The summed E-state index contributed by atoms with van der Waals surface area (Å²) >= 11 is 0. The first kappa shape index (κ1) is 9.91. The minimum Gasteiger partial charge on any atom is -0.366 e. The van der Waals surface area contributed by atoms with Gasteiger partial charge in [0.25, 0.3) is 0 Å². The molecule has 3 rings (SSSR count). The first-order valence-electron chi connectivity index (χ1n) is 5.95. The number of hydrogen-bond acceptors (Lipinski definition) is 2. The Labute approximate surface area is 97.2 Å². The van der Waals surface area contributed by atoms with Gasteiger partial charge in [-0.2, -0.15) is 0 Å². The third kappa shape index (κ3) is 1.45. The van der Waals surface area contributed by atoms with Crippen LogP contribution in [0, 0.1) is 0 Å². The van der Waals surface area contributed by atoms with Gasteiger partial charge < -0.3 is 9.80 Å². The molecular formula is C14H18N2. The van der Waals surface area contributed by atoms with Gasteiger partial charge in [-0.15, -0.1) is 0 Å². The number of benzene rings is 1. The van der Waals surface area contributed by atoms with Crippen LogP contribution in [0.4, 0.5) is 5.69 Å². The van der Waals surface area contributed by atoms with Crippen LogP contribution in [0.2, 0.25) is 0 Å². The highest BCUT2D eigenvalue weighted by Crippen LogP contribution is 2.34. The van der Waals surface area contributed by atoms with Crippen LogP contribution in [0.5, 0.6) is 0 Å². The molecule has 84 valence electrons. The Kier molecular flexibility index (Phi) is 2.25. The van der Waals surface area contributed by atoms with E-state index in [-0.39, 0.29) is 0 Å². The molecule has 16 heavy (non-hydrogen) atoms. The largest absolute Gasteiger partial charge is 0.366 e. The van der Waals surface area contributed by atoms with Gasteiger partial charge in [-0.1, -0.05) is 30.4 Å². The highest BCUT2D eigenvalue weighted by Gasteiger charge is 2.27. The fraction of sp³-hybridized carbons (Fsp3) is 0.429. The quantitative estimate of drug-likeness (QED) is 0.705. The normalized spacial score (nSPS) is 22.4. The van der Waals surface area contributed by atoms with E-state index in [1.165, 1.54) is 23.2 Å². The van der Waals surface area contributed by atoms with Crippen molar-refractivity contribution in [1.82, 2.24) is 4.90 Å². The minimum absolute atomic E-state index is 0.647. The molecule has 1 aromatic rings. The molecule has 2 aliphatic rings. The Hall–Kier alpha value is -1.28. The zero-order valence-corrected chi connectivity index (χ0v) is 9.98. The lowest BCUT2D eigenvalue weighted by molar-refractivity contribution is 0.287. The first-order valence-corrected chi connectivity index (χ1v) is 5.95. The summed E-state index contributed by atoms with van der Waals surface area (Å²) in [7, 11) is 4.36. The predicted octanol–water partition coefficient (Wildman–Crippen LogP) is 2.01. The zero-order chi connectivity index (χ0) is 11.1. The van der Waals surface area contributed by atoms with Gasteiger partial charge in [0, 0.05) is 24.8 Å². The van der Waals surface area contributed by atoms with Crippen LogP contribution in [-0.2, 0) is 6.42 Å². The summed E-state index contributed by atoms with van der Waals surface area (Å²) in [6.07, 6.45) is 5.70. The van der Waals surface area contributed by atoms with E-state index >= 15 is 0 Å². The van der Waals surface area contributed by atoms with Crippen molar-refractivity contribution in [2.45, 2.75) is 12.5 Å². The van der Waals surface area contributed by atoms with Gasteiger partial charge in [-0.05, 0) is 31.6 Å². The number of hydrogen-bond donors (Lipinski definition) is 0. The molecule has 0 N–H and O–H groups in total. The standard InChI is InChI=1S/C14H18N2/c1-15(2)13-9-12-6-3-5-11-7-4-8-16(10-13)14(11)12/h3-7,13H,8-10H2,1-2H3. The monoisotopic (exact) mass is 214 g/mol. The van der Waals surface area contributed by atoms with Crippen LogP contribution < -0.4 is 4.90 Å². The molecule has 2 heteroatoms. The summed E-state index contributed by atoms with van der Waals surface area (Å²) in [5, 5.41) is 0. The van der Waals surface area contributed by atoms with Crippen molar-refractivity contribution in [3.63, 3.8) is 0 Å². The van der Waals surface area contributed by atoms with E-state index < -0.39 is 0 Å². The van der Waals surface area contributed by atoms with Gasteiger partial charge >= 0.3 is 0 Å². The molecule has 2 nitrogen and oxygen atoms in total. The Balaban J connectivity index is 2.05. The van der Waals surface area contributed by atoms with E-state index in [1.54, 1.807) is 0 Å². The van der Waals surface area contributed by atoms with Crippen molar-refractivity contribution in [2.75, 3.05) is 32.1 Å². The van der Waals surface area contributed by atoms with E-state index in [2.05, 4.69) is 54.2 Å². The number of para-hydroxylation sites is 1. The summed E-state index contributed by atoms with van der Waals surface area (Å²) in [4.78, 5) is 4.85. The predicted molar refractivity (Wildman–Crippen MR) is 68.9 cm³/mol. The van der Waals surface area contributed by atoms with Gasteiger partial charge in [0.1, 0.15) is 0 Å². The molecule has 0 amide bonds. The lowest BCUT2D eigenvalue weighted by atomic mass is 9.92. The molecule has 0 saturated heterocycles. The second-order valence-corrected chi connectivity index (χ2v) is 4.98. The van der Waals surface area contributed by atoms with Gasteiger partial charge in [0.2, 0.25) is 0 Å². The first-order chi connectivity index (χ1) is 7.75. The smallest absolute Gasteiger partial charge is 0.0476 e. The third-order valence-electron chi connectivity index (χ3n) is 3.71. The molecule has 0 spiro atoms. The van der Waals surface area contributed by atoms with Crippen LogP contribution in [0.1, 0.15) is 11.1 Å². The molecule has 1 aromatic carbocycles. The number of nitrogens with zero attached hydrogens (tertiary/aromatic N) is 2. The highest BCUT2D eigenvalue weighted by atomic mass is 15.2. The van der Waals surface area contributed by atoms with E-state index in [0.717, 1.165) is 13.1 Å². The van der Waals surface area contributed by atoms with Crippen LogP contribution in [0.15, 0.2) is 24.3 Å². The molecule has 0 radical (unpaired) electrons. The van der Waals surface area contributed by atoms with Crippen LogP contribution >= 0.6 is 0 Å². The van der Waals surface area contributed by atoms with Crippen molar-refractivity contribution in [1.29, 1.82) is 0 Å². The SMILES string of the molecule is CN(C)C1Cc2cccc3c2N(CC=C3)C1. The van der Waals surface area contributed by atoms with Crippen LogP contribution in [0.3, 0.4) is 0 Å². The summed E-state index contributed by atoms with van der Waals surface area (Å²) in [6.45, 7) is 2.22. The van der Waals surface area contributed by atoms with E-state index in [0.29, 0.717) is 6.04 Å². The van der Waals surface area contributed by atoms with E-state index in [4.69, 9.17) is 0 Å². The van der Waals surface area contributed by atoms with Gasteiger partial charge in [-0.25, -0.2) is 0 Å². The average molecular weight is 214 g/mol. The molecule has 0 fully saturated rings. The molecule has 1 atom stereocenters. The molecule has 0 saturated carbocycles. The second kappa shape index (κ2) is 3.63. The van der Waals surface area contributed by atoms with Gasteiger partial charge in [0.05, 0.1) is 0 Å². The maximum absolute atomic E-state index is 2.51. The van der Waals surface area contributed by atoms with Crippen molar-refractivity contribution >= 4 is 11.8 Å². The highest BCUT2D eigenvalue weighted by molar-refractivity contribution is 5.75. The van der Waals surface area contributed by atoms with Crippen molar-refractivity contribution < 1.29 is 0 Å². The summed E-state index contributed by atoms with van der Waals surface area (Å²) in [5.41, 5.74) is 4.37. The van der Waals surface area contributed by atoms with Crippen molar-refractivity contribution in [3.05, 3.63) is 35.4 Å². The second-order valence-electron chi connectivity index (χ2n) is 4.98. The summed E-state index contributed by atoms with van der Waals surface area (Å²) in [6, 6.07) is 7.33. The van der Waals surface area contributed by atoms with Gasteiger partial charge in [-0.3, -0.25) is 0 Å². The number of rotatable bonds is 1. The van der Waals surface area contributed by atoms with Crippen molar-refractivity contribution in [2.24, 2.45) is 0 Å². The maximum Gasteiger partial charge on any atom is 0.0476 e. The van der Waals surface area contributed by atoms with E-state index in [9.17, 15) is 0 Å². The topological polar surface area (TPSA) is 6.48 Å². The van der Waals surface area contributed by atoms with Crippen LogP contribution in [-0.4, -0.2) is 38.1 Å². The molecule has 2 aliphatic heterocycles. The Morgan fingerprint density at radius 2 is 2.19 bits per heavy atom. The van der Waals surface area contributed by atoms with E-state index in [1.807, 2.05) is 0 Å². The molecular weight excluding hydrogens is 196 g/mol. The lowest BCUT2D eigenvalue weighted by Gasteiger charge is -2.40. The fourth-order valence-electron chi connectivity index (χ4n) is 2.78. The molecule has 1 unspecified atom stereocenters. The minimum atomic E-state index is 0.647. The maximum atomic E-state index is 2.51. The Bertz CT molecular complexity index is 434. The van der Waals surface area contributed by atoms with Crippen molar-refractivity contribution in [3.8, 4) is 0 Å². The summed E-state index contributed by atoms with van der Waals surface area (Å²) < 4.78 is 0. The average Bonchev–Trinajstić information content (AvgIpc) is 2.29. The lowest BCUT2D eigenvalue weighted by Crippen LogP contribution is -2.46. The Morgan fingerprint density at radius 3 is 3.00 bits per heavy atom. The third-order valence-corrected chi connectivity index (χ3v) is 3.71. The fourth-order valence-corrected chi connectivity index (χ4v) is 2.78. The number of anilines is 1. The summed E-state index contributed by atoms with van der Waals surface area (Å²) in [5.74, 6) is 0. The zero-order valence-electron chi connectivity index (χ0n) is 9.98.